The normalized spacial score (nSPS) is 10.5. The maximum atomic E-state index is 11.1. The van der Waals surface area contributed by atoms with Crippen molar-refractivity contribution in [2.24, 2.45) is 0 Å². The van der Waals surface area contributed by atoms with Crippen LogP contribution in [0.3, 0.4) is 0 Å². The van der Waals surface area contributed by atoms with Crippen LogP contribution in [0.25, 0.3) is 5.82 Å². The minimum atomic E-state index is -0.529. The maximum Gasteiger partial charge on any atom is 0.332 e. The fourth-order valence-corrected chi connectivity index (χ4v) is 1.85. The molecule has 0 fully saturated rings. The number of rotatable bonds is 3. The molecule has 2 heterocycles. The third-order valence-corrected chi connectivity index (χ3v) is 3.72. The van der Waals surface area contributed by atoms with Crippen LogP contribution in [0.2, 0.25) is 0 Å². The first-order valence-corrected chi connectivity index (χ1v) is 6.16. The number of hydrogen-bond donors (Lipinski definition) is 1. The molecule has 2 aromatic rings. The van der Waals surface area contributed by atoms with Crippen molar-refractivity contribution in [3.63, 3.8) is 0 Å². The highest BCUT2D eigenvalue weighted by Crippen LogP contribution is 2.27. The third kappa shape index (κ3) is 2.28. The van der Waals surface area contributed by atoms with Gasteiger partial charge in [-0.25, -0.2) is 9.67 Å². The summed E-state index contributed by atoms with van der Waals surface area (Å²) in [5.41, 5.74) is 1.27. The van der Waals surface area contributed by atoms with Crippen molar-refractivity contribution >= 4 is 27.6 Å². The highest BCUT2D eigenvalue weighted by molar-refractivity contribution is 9.10. The summed E-state index contributed by atoms with van der Waals surface area (Å²) in [6.07, 6.45) is 1.17. The molecule has 0 aliphatic heterocycles. The smallest absolute Gasteiger partial charge is 0.332 e. The fourth-order valence-electron chi connectivity index (χ4n) is 1.60. The Morgan fingerprint density at radius 3 is 2.63 bits per heavy atom. The highest BCUT2D eigenvalue weighted by atomic mass is 79.9. The van der Waals surface area contributed by atoms with E-state index in [4.69, 9.17) is 0 Å². The lowest BCUT2D eigenvalue weighted by atomic mass is 10.4. The Balaban J connectivity index is 2.71. The van der Waals surface area contributed by atoms with Crippen LogP contribution in [0.1, 0.15) is 11.4 Å². The number of aryl methyl sites for hydroxylation is 1. The highest BCUT2D eigenvalue weighted by Gasteiger charge is 2.22. The lowest BCUT2D eigenvalue weighted by molar-refractivity contribution is -0.385. The molecule has 2 aromatic heterocycles. The van der Waals surface area contributed by atoms with Gasteiger partial charge in [0.2, 0.25) is 11.8 Å². The second kappa shape index (κ2) is 4.92. The van der Waals surface area contributed by atoms with Gasteiger partial charge >= 0.3 is 5.69 Å². The van der Waals surface area contributed by atoms with Crippen molar-refractivity contribution in [1.82, 2.24) is 19.7 Å². The molecule has 0 radical (unpaired) electrons. The van der Waals surface area contributed by atoms with Gasteiger partial charge in [-0.3, -0.25) is 10.1 Å². The Bertz CT molecular complexity index is 654. The molecule has 0 amide bonds. The predicted octanol–water partition coefficient (Wildman–Crippen LogP) is 1.99. The molecule has 0 atom stereocenters. The number of hydrogen-bond acceptors (Lipinski definition) is 6. The van der Waals surface area contributed by atoms with Crippen LogP contribution < -0.4 is 5.32 Å². The SMILES string of the molecule is CNc1ncc([N+](=O)[O-])c(-n2nc(C)c(Br)c2C)n1. The van der Waals surface area contributed by atoms with Crippen molar-refractivity contribution in [2.45, 2.75) is 13.8 Å². The van der Waals surface area contributed by atoms with E-state index < -0.39 is 4.92 Å². The van der Waals surface area contributed by atoms with Crippen LogP contribution in [0.4, 0.5) is 11.6 Å². The lowest BCUT2D eigenvalue weighted by Crippen LogP contribution is -2.09. The summed E-state index contributed by atoms with van der Waals surface area (Å²) < 4.78 is 2.23. The van der Waals surface area contributed by atoms with Gasteiger partial charge in [0, 0.05) is 7.05 Å². The molecule has 0 bridgehead atoms. The van der Waals surface area contributed by atoms with Gasteiger partial charge in [0.05, 0.1) is 20.8 Å². The van der Waals surface area contributed by atoms with Crippen LogP contribution in [0, 0.1) is 24.0 Å². The molecule has 0 aliphatic rings. The second-order valence-corrected chi connectivity index (χ2v) is 4.60. The van der Waals surface area contributed by atoms with Crippen molar-refractivity contribution in [1.29, 1.82) is 0 Å². The third-order valence-electron chi connectivity index (χ3n) is 2.57. The zero-order valence-corrected chi connectivity index (χ0v) is 12.1. The number of nitro groups is 1. The molecule has 0 saturated heterocycles. The number of nitrogens with one attached hydrogen (secondary N) is 1. The quantitative estimate of drug-likeness (QED) is 0.684. The van der Waals surface area contributed by atoms with E-state index in [1.165, 1.54) is 10.9 Å². The Hall–Kier alpha value is -2.03. The summed E-state index contributed by atoms with van der Waals surface area (Å²) in [7, 11) is 1.64. The summed E-state index contributed by atoms with van der Waals surface area (Å²) in [5, 5.41) is 18.0. The second-order valence-electron chi connectivity index (χ2n) is 3.81. The Morgan fingerprint density at radius 2 is 2.16 bits per heavy atom. The van der Waals surface area contributed by atoms with E-state index in [2.05, 4.69) is 36.3 Å². The van der Waals surface area contributed by atoms with Gasteiger partial charge in [0.15, 0.2) is 0 Å². The molecule has 8 nitrogen and oxygen atoms in total. The van der Waals surface area contributed by atoms with Crippen LogP contribution >= 0.6 is 15.9 Å². The Labute approximate surface area is 117 Å². The monoisotopic (exact) mass is 326 g/mol. The van der Waals surface area contributed by atoms with Gasteiger partial charge in [-0.2, -0.15) is 10.1 Å². The maximum absolute atomic E-state index is 11.1. The molecule has 0 saturated carbocycles. The van der Waals surface area contributed by atoms with Crippen molar-refractivity contribution in [3.05, 3.63) is 32.2 Å². The summed E-state index contributed by atoms with van der Waals surface area (Å²) in [5.74, 6) is 0.430. The van der Waals surface area contributed by atoms with Gasteiger partial charge in [0.25, 0.3) is 0 Å². The van der Waals surface area contributed by atoms with Gasteiger partial charge < -0.3 is 5.32 Å². The van der Waals surface area contributed by atoms with Gasteiger partial charge in [-0.15, -0.1) is 0 Å². The molecular weight excluding hydrogens is 316 g/mol. The first-order chi connectivity index (χ1) is 8.95. The van der Waals surface area contributed by atoms with E-state index in [9.17, 15) is 10.1 Å². The molecule has 0 unspecified atom stereocenters. The van der Waals surface area contributed by atoms with Gasteiger partial charge in [-0.05, 0) is 29.8 Å². The van der Waals surface area contributed by atoms with Gasteiger partial charge in [-0.1, -0.05) is 0 Å². The zero-order chi connectivity index (χ0) is 14.2. The van der Waals surface area contributed by atoms with E-state index in [0.717, 1.165) is 15.9 Å². The van der Waals surface area contributed by atoms with Crippen LogP contribution in [0.15, 0.2) is 10.7 Å². The fraction of sp³-hybridized carbons (Fsp3) is 0.300. The number of aromatic nitrogens is 4. The topological polar surface area (TPSA) is 98.8 Å². The summed E-state index contributed by atoms with van der Waals surface area (Å²) >= 11 is 3.38. The minimum Gasteiger partial charge on any atom is -0.357 e. The number of halogens is 1. The average Bonchev–Trinajstić information content (AvgIpc) is 2.65. The molecular formula is C10H11BrN6O2. The van der Waals surface area contributed by atoms with Crippen LogP contribution in [-0.4, -0.2) is 31.7 Å². The lowest BCUT2D eigenvalue weighted by Gasteiger charge is -2.06. The summed E-state index contributed by atoms with van der Waals surface area (Å²) in [6.45, 7) is 3.61. The molecule has 0 spiro atoms. The summed E-state index contributed by atoms with van der Waals surface area (Å²) in [4.78, 5) is 18.5. The minimum absolute atomic E-state index is 0.135. The molecule has 1 N–H and O–H groups in total. The van der Waals surface area contributed by atoms with Crippen molar-refractivity contribution < 1.29 is 4.92 Å². The van der Waals surface area contributed by atoms with E-state index in [1.807, 2.05) is 0 Å². The Morgan fingerprint density at radius 1 is 1.47 bits per heavy atom. The van der Waals surface area contributed by atoms with Crippen LogP contribution in [-0.2, 0) is 0 Å². The molecule has 9 heteroatoms. The molecule has 100 valence electrons. The average molecular weight is 327 g/mol. The van der Waals surface area contributed by atoms with E-state index in [0.29, 0.717) is 5.95 Å². The molecule has 0 aromatic carbocycles. The predicted molar refractivity (Wildman–Crippen MR) is 72.5 cm³/mol. The summed E-state index contributed by atoms with van der Waals surface area (Å²) in [6, 6.07) is 0. The van der Waals surface area contributed by atoms with E-state index in [-0.39, 0.29) is 11.5 Å². The standard InChI is InChI=1S/C10H11BrN6O2/c1-5-8(11)6(2)16(15-5)9-7(17(18)19)4-13-10(12-3)14-9/h4H,1-3H3,(H,12,13,14). The van der Waals surface area contributed by atoms with Crippen molar-refractivity contribution in [2.75, 3.05) is 12.4 Å². The first-order valence-electron chi connectivity index (χ1n) is 5.37. The first kappa shape index (κ1) is 13.4. The van der Waals surface area contributed by atoms with E-state index in [1.54, 1.807) is 20.9 Å². The zero-order valence-electron chi connectivity index (χ0n) is 10.5. The van der Waals surface area contributed by atoms with Crippen molar-refractivity contribution in [3.8, 4) is 5.82 Å². The largest absolute Gasteiger partial charge is 0.357 e. The molecule has 2 rings (SSSR count). The molecule has 19 heavy (non-hydrogen) atoms. The molecule has 0 aliphatic carbocycles. The number of nitrogens with zero attached hydrogens (tertiary/aromatic N) is 5. The Kier molecular flexibility index (Phi) is 3.47. The number of anilines is 1. The van der Waals surface area contributed by atoms with Crippen LogP contribution in [0.5, 0.6) is 0 Å². The van der Waals surface area contributed by atoms with Gasteiger partial charge in [0.1, 0.15) is 6.20 Å². The van der Waals surface area contributed by atoms with E-state index >= 15 is 0 Å².